The van der Waals surface area contributed by atoms with E-state index in [0.29, 0.717) is 0 Å². The lowest BCUT2D eigenvalue weighted by Gasteiger charge is -2.30. The summed E-state index contributed by atoms with van der Waals surface area (Å²) >= 11 is 0. The monoisotopic (exact) mass is 317 g/mol. The Hall–Kier alpha value is -2.17. The number of likely N-dealkylation sites (tertiary alicyclic amines) is 1. The second kappa shape index (κ2) is 5.80. The van der Waals surface area contributed by atoms with E-state index < -0.39 is 28.7 Å². The molecule has 0 radical (unpaired) electrons. The first-order chi connectivity index (χ1) is 10.6. The van der Waals surface area contributed by atoms with E-state index in [1.807, 2.05) is 30.3 Å². The molecule has 124 valence electrons. The fraction of sp³-hybridized carbons (Fsp3) is 0.500. The van der Waals surface area contributed by atoms with Crippen molar-refractivity contribution in [3.05, 3.63) is 35.9 Å². The minimum Gasteiger partial charge on any atom is -0.460 e. The van der Waals surface area contributed by atoms with Crippen LogP contribution in [0.1, 0.15) is 40.2 Å². The number of imide groups is 1. The Morgan fingerprint density at radius 3 is 2.22 bits per heavy atom. The first-order valence-electron chi connectivity index (χ1n) is 7.66. The van der Waals surface area contributed by atoms with Crippen LogP contribution < -0.4 is 0 Å². The highest BCUT2D eigenvalue weighted by Gasteiger charge is 2.60. The Bertz CT molecular complexity index is 628. The number of nitrogens with zero attached hydrogens (tertiary/aromatic N) is 1. The molecule has 5 heteroatoms. The molecule has 0 aromatic heterocycles. The molecule has 2 rings (SSSR count). The number of hydrogen-bond acceptors (Lipinski definition) is 4. The van der Waals surface area contributed by atoms with E-state index in [9.17, 15) is 14.4 Å². The van der Waals surface area contributed by atoms with Crippen molar-refractivity contribution < 1.29 is 19.1 Å². The Morgan fingerprint density at radius 2 is 1.74 bits per heavy atom. The average molecular weight is 317 g/mol. The number of benzene rings is 1. The number of carbonyl (C=O) groups is 3. The molecular formula is C18H23NO4. The van der Waals surface area contributed by atoms with Gasteiger partial charge in [-0.15, -0.1) is 0 Å². The molecule has 1 aliphatic heterocycles. The van der Waals surface area contributed by atoms with E-state index in [1.54, 1.807) is 34.6 Å². The van der Waals surface area contributed by atoms with E-state index in [1.165, 1.54) is 4.90 Å². The zero-order valence-electron chi connectivity index (χ0n) is 14.3. The van der Waals surface area contributed by atoms with Crippen LogP contribution in [-0.2, 0) is 25.7 Å². The average Bonchev–Trinajstić information content (AvgIpc) is 2.62. The van der Waals surface area contributed by atoms with Crippen molar-refractivity contribution in [2.75, 3.05) is 0 Å². The van der Waals surface area contributed by atoms with Gasteiger partial charge in [0.05, 0.1) is 5.41 Å². The minimum absolute atomic E-state index is 0.0865. The van der Waals surface area contributed by atoms with Crippen molar-refractivity contribution in [1.29, 1.82) is 0 Å². The van der Waals surface area contributed by atoms with Crippen molar-refractivity contribution in [3.63, 3.8) is 0 Å². The molecule has 0 aliphatic carbocycles. The number of esters is 1. The molecule has 1 heterocycles. The van der Waals surface area contributed by atoms with Gasteiger partial charge in [-0.05, 0) is 40.2 Å². The third kappa shape index (κ3) is 3.14. The molecule has 1 fully saturated rings. The summed E-state index contributed by atoms with van der Waals surface area (Å²) in [7, 11) is 0. The molecule has 0 bridgehead atoms. The number of amides is 2. The van der Waals surface area contributed by atoms with Gasteiger partial charge < -0.3 is 4.74 Å². The van der Waals surface area contributed by atoms with Gasteiger partial charge in [0.2, 0.25) is 11.8 Å². The van der Waals surface area contributed by atoms with E-state index in [-0.39, 0.29) is 12.5 Å². The lowest BCUT2D eigenvalue weighted by atomic mass is 9.81. The van der Waals surface area contributed by atoms with E-state index in [4.69, 9.17) is 4.74 Å². The first kappa shape index (κ1) is 17.2. The highest BCUT2D eigenvalue weighted by Crippen LogP contribution is 2.41. The molecule has 5 nitrogen and oxygen atoms in total. The Kier molecular flexibility index (Phi) is 4.33. The molecule has 1 atom stereocenters. The van der Waals surface area contributed by atoms with Crippen LogP contribution in [0.5, 0.6) is 0 Å². The highest BCUT2D eigenvalue weighted by molar-refractivity contribution is 6.15. The van der Waals surface area contributed by atoms with Crippen molar-refractivity contribution in [3.8, 4) is 0 Å². The molecule has 0 N–H and O–H groups in total. The smallest absolute Gasteiger partial charge is 0.319 e. The van der Waals surface area contributed by atoms with Gasteiger partial charge in [-0.3, -0.25) is 19.3 Å². The van der Waals surface area contributed by atoms with Crippen LogP contribution in [0.25, 0.3) is 0 Å². The molecule has 23 heavy (non-hydrogen) atoms. The Morgan fingerprint density at radius 1 is 1.17 bits per heavy atom. The summed E-state index contributed by atoms with van der Waals surface area (Å²) in [6.07, 6.45) is 0. The molecule has 0 spiro atoms. The van der Waals surface area contributed by atoms with E-state index in [0.717, 1.165) is 5.56 Å². The molecule has 1 aromatic rings. The van der Waals surface area contributed by atoms with Crippen LogP contribution in [0.3, 0.4) is 0 Å². The third-order valence-corrected chi connectivity index (χ3v) is 4.07. The summed E-state index contributed by atoms with van der Waals surface area (Å²) in [5.74, 6) is -2.57. The van der Waals surface area contributed by atoms with Gasteiger partial charge in [-0.1, -0.05) is 30.3 Å². The Labute approximate surface area is 136 Å². The maximum absolute atomic E-state index is 12.6. The molecule has 1 unspecified atom stereocenters. The standard InChI is InChI=1S/C18H23NO4/c1-17(2,3)19-14(20)13(18(4,5)16(19)22)15(21)23-11-12-9-7-6-8-10-12/h6-10,13H,11H2,1-5H3. The SMILES string of the molecule is CC1(C)C(=O)N(C(C)(C)C)C(=O)C1C(=O)OCc1ccccc1. The third-order valence-electron chi connectivity index (χ3n) is 4.07. The number of ether oxygens (including phenoxy) is 1. The van der Waals surface area contributed by atoms with Gasteiger partial charge in [0.25, 0.3) is 0 Å². The lowest BCUT2D eigenvalue weighted by molar-refractivity contribution is -0.157. The van der Waals surface area contributed by atoms with Gasteiger partial charge in [0.1, 0.15) is 12.5 Å². The van der Waals surface area contributed by atoms with Gasteiger partial charge in [0.15, 0.2) is 0 Å². The predicted molar refractivity (Wildman–Crippen MR) is 85.1 cm³/mol. The van der Waals surface area contributed by atoms with Crippen LogP contribution in [-0.4, -0.2) is 28.2 Å². The highest BCUT2D eigenvalue weighted by atomic mass is 16.5. The van der Waals surface area contributed by atoms with Crippen LogP contribution in [0.15, 0.2) is 30.3 Å². The van der Waals surface area contributed by atoms with E-state index in [2.05, 4.69) is 0 Å². The summed E-state index contributed by atoms with van der Waals surface area (Å²) in [5, 5.41) is 0. The van der Waals surface area contributed by atoms with Crippen molar-refractivity contribution in [2.24, 2.45) is 11.3 Å². The van der Waals surface area contributed by atoms with Crippen LogP contribution in [0, 0.1) is 11.3 Å². The summed E-state index contributed by atoms with van der Waals surface area (Å²) in [6, 6.07) is 9.23. The molecule has 2 amide bonds. The fourth-order valence-electron chi connectivity index (χ4n) is 2.79. The molecule has 1 aliphatic rings. The normalized spacial score (nSPS) is 20.7. The molecule has 1 saturated heterocycles. The lowest BCUT2D eigenvalue weighted by Crippen LogP contribution is -2.46. The zero-order chi connectivity index (χ0) is 17.4. The largest absolute Gasteiger partial charge is 0.460 e. The number of carbonyl (C=O) groups excluding carboxylic acids is 3. The number of hydrogen-bond donors (Lipinski definition) is 0. The number of rotatable bonds is 3. The van der Waals surface area contributed by atoms with Crippen LogP contribution in [0.2, 0.25) is 0 Å². The van der Waals surface area contributed by atoms with E-state index >= 15 is 0 Å². The van der Waals surface area contributed by atoms with Crippen LogP contribution in [0.4, 0.5) is 0 Å². The molecule has 0 saturated carbocycles. The van der Waals surface area contributed by atoms with Crippen LogP contribution >= 0.6 is 0 Å². The summed E-state index contributed by atoms with van der Waals surface area (Å²) in [4.78, 5) is 38.8. The summed E-state index contributed by atoms with van der Waals surface area (Å²) < 4.78 is 5.29. The van der Waals surface area contributed by atoms with Crippen molar-refractivity contribution in [1.82, 2.24) is 4.90 Å². The van der Waals surface area contributed by atoms with Crippen molar-refractivity contribution in [2.45, 2.75) is 46.8 Å². The maximum Gasteiger partial charge on any atom is 0.319 e. The molecule has 1 aromatic carbocycles. The topological polar surface area (TPSA) is 63.7 Å². The second-order valence-corrected chi connectivity index (χ2v) is 7.40. The second-order valence-electron chi connectivity index (χ2n) is 7.40. The summed E-state index contributed by atoms with van der Waals surface area (Å²) in [5.41, 5.74) is -0.930. The van der Waals surface area contributed by atoms with Gasteiger partial charge in [-0.25, -0.2) is 0 Å². The molecular weight excluding hydrogens is 294 g/mol. The van der Waals surface area contributed by atoms with Gasteiger partial charge >= 0.3 is 5.97 Å². The maximum atomic E-state index is 12.6. The first-order valence-corrected chi connectivity index (χ1v) is 7.66. The fourth-order valence-corrected chi connectivity index (χ4v) is 2.79. The zero-order valence-corrected chi connectivity index (χ0v) is 14.3. The predicted octanol–water partition coefficient (Wildman–Crippen LogP) is 2.54. The van der Waals surface area contributed by atoms with Crippen molar-refractivity contribution >= 4 is 17.8 Å². The van der Waals surface area contributed by atoms with Gasteiger partial charge in [0, 0.05) is 5.54 Å². The Balaban J connectivity index is 2.19. The quantitative estimate of drug-likeness (QED) is 0.488. The summed E-state index contributed by atoms with van der Waals surface area (Å²) in [6.45, 7) is 8.65. The minimum atomic E-state index is -1.10. The van der Waals surface area contributed by atoms with Gasteiger partial charge in [-0.2, -0.15) is 0 Å².